The maximum absolute atomic E-state index is 13.0. The molecular formula is C20H13FLiN3O2. The zero-order valence-corrected chi connectivity index (χ0v) is 14.6. The number of fused-ring (bicyclic) bond motifs is 1. The second kappa shape index (κ2) is 7.75. The van der Waals surface area contributed by atoms with Gasteiger partial charge in [0.05, 0.1) is 11.0 Å². The molecule has 5 nitrogen and oxygen atoms in total. The number of carboxylic acid groups (broad SMARTS) is 1. The summed E-state index contributed by atoms with van der Waals surface area (Å²) in [4.78, 5) is 18.8. The molecule has 0 unspecified atom stereocenters. The van der Waals surface area contributed by atoms with Crippen molar-refractivity contribution < 1.29 is 33.2 Å². The average molecular weight is 353 g/mol. The molecule has 0 fully saturated rings. The Labute approximate surface area is 166 Å². The van der Waals surface area contributed by atoms with E-state index in [0.29, 0.717) is 5.56 Å². The van der Waals surface area contributed by atoms with E-state index in [-0.39, 0.29) is 25.3 Å². The van der Waals surface area contributed by atoms with Crippen molar-refractivity contribution >= 4 is 17.0 Å². The Kier molecular flexibility index (Phi) is 5.40. The van der Waals surface area contributed by atoms with Crippen molar-refractivity contribution in [2.24, 2.45) is 0 Å². The van der Waals surface area contributed by atoms with E-state index in [1.165, 1.54) is 12.3 Å². The van der Waals surface area contributed by atoms with Crippen molar-refractivity contribution in [3.8, 4) is 16.8 Å². The molecule has 0 spiro atoms. The van der Waals surface area contributed by atoms with Crippen LogP contribution in [0.3, 0.4) is 0 Å². The number of aliphatic carboxylic acids is 1. The molecule has 2 heterocycles. The van der Waals surface area contributed by atoms with Gasteiger partial charge in [-0.05, 0) is 47.5 Å². The Balaban J connectivity index is 0.00000210. The van der Waals surface area contributed by atoms with Gasteiger partial charge in [0.15, 0.2) is 0 Å². The van der Waals surface area contributed by atoms with Crippen LogP contribution in [-0.2, 0) is 11.2 Å². The smallest absolute Gasteiger partial charge is 0.550 e. The number of pyridine rings is 1. The third kappa shape index (κ3) is 3.92. The summed E-state index contributed by atoms with van der Waals surface area (Å²) in [5.41, 5.74) is 4.99. The van der Waals surface area contributed by atoms with E-state index in [1.807, 2.05) is 34.9 Å². The first-order valence-electron chi connectivity index (χ1n) is 7.98. The van der Waals surface area contributed by atoms with Gasteiger partial charge < -0.3 is 9.90 Å². The predicted molar refractivity (Wildman–Crippen MR) is 93.0 cm³/mol. The van der Waals surface area contributed by atoms with E-state index in [4.69, 9.17) is 0 Å². The van der Waals surface area contributed by atoms with Crippen LogP contribution in [0.1, 0.15) is 5.56 Å². The first-order valence-corrected chi connectivity index (χ1v) is 7.98. The van der Waals surface area contributed by atoms with E-state index in [0.717, 1.165) is 27.8 Å². The minimum absolute atomic E-state index is 0. The molecule has 7 heteroatoms. The number of rotatable bonds is 4. The second-order valence-electron chi connectivity index (χ2n) is 5.90. The standard InChI is InChI=1S/C20H14FN3O2.Li/c21-19-8-4-15(11-22-19)14-3-7-18-17(10-14)23-12-24(18)16-5-1-13(2-6-16)9-20(25)26;/h1-8,10-12H,9H2,(H,25,26);/q;+1/p-1. The molecule has 0 amide bonds. The Morgan fingerprint density at radius 2 is 1.74 bits per heavy atom. The van der Waals surface area contributed by atoms with Crippen molar-refractivity contribution in [3.05, 3.63) is 78.6 Å². The van der Waals surface area contributed by atoms with Gasteiger partial charge in [-0.25, -0.2) is 9.97 Å². The van der Waals surface area contributed by atoms with Crippen LogP contribution in [0.15, 0.2) is 67.1 Å². The van der Waals surface area contributed by atoms with Crippen LogP contribution in [0.2, 0.25) is 0 Å². The first kappa shape index (κ1) is 18.8. The van der Waals surface area contributed by atoms with Gasteiger partial charge in [-0.1, -0.05) is 18.2 Å². The van der Waals surface area contributed by atoms with Crippen LogP contribution in [0, 0.1) is 5.95 Å². The molecule has 2 aromatic carbocycles. The summed E-state index contributed by atoms with van der Waals surface area (Å²) in [5, 5.41) is 10.7. The Bertz CT molecular complexity index is 1090. The zero-order chi connectivity index (χ0) is 18.1. The minimum Gasteiger partial charge on any atom is -0.550 e. The fourth-order valence-electron chi connectivity index (χ4n) is 2.89. The van der Waals surface area contributed by atoms with Gasteiger partial charge >= 0.3 is 18.9 Å². The number of carbonyl (C=O) groups is 1. The number of nitrogens with zero attached hydrogens (tertiary/aromatic N) is 3. The Morgan fingerprint density at radius 1 is 1.00 bits per heavy atom. The molecule has 0 saturated carbocycles. The van der Waals surface area contributed by atoms with Crippen LogP contribution in [0.4, 0.5) is 4.39 Å². The van der Waals surface area contributed by atoms with Crippen molar-refractivity contribution in [2.45, 2.75) is 6.42 Å². The van der Waals surface area contributed by atoms with Crippen molar-refractivity contribution in [3.63, 3.8) is 0 Å². The summed E-state index contributed by atoms with van der Waals surface area (Å²) in [6.45, 7) is 0. The topological polar surface area (TPSA) is 70.8 Å². The summed E-state index contributed by atoms with van der Waals surface area (Å²) in [6.07, 6.45) is 3.09. The van der Waals surface area contributed by atoms with Gasteiger partial charge in [-0.3, -0.25) is 4.57 Å². The van der Waals surface area contributed by atoms with Gasteiger partial charge in [-0.15, -0.1) is 0 Å². The second-order valence-corrected chi connectivity index (χ2v) is 5.90. The molecule has 0 aliphatic carbocycles. The van der Waals surface area contributed by atoms with Crippen LogP contribution >= 0.6 is 0 Å². The quantitative estimate of drug-likeness (QED) is 0.367. The molecule has 2 aromatic heterocycles. The number of halogens is 1. The van der Waals surface area contributed by atoms with Crippen molar-refractivity contribution in [1.29, 1.82) is 0 Å². The minimum atomic E-state index is -1.10. The number of aromatic nitrogens is 3. The summed E-state index contributed by atoms with van der Waals surface area (Å²) in [6, 6.07) is 16.0. The van der Waals surface area contributed by atoms with E-state index in [2.05, 4.69) is 9.97 Å². The monoisotopic (exact) mass is 353 g/mol. The summed E-state index contributed by atoms with van der Waals surface area (Å²) < 4.78 is 14.9. The van der Waals surface area contributed by atoms with Gasteiger partial charge in [0, 0.05) is 29.8 Å². The third-order valence-electron chi connectivity index (χ3n) is 4.17. The number of carboxylic acids is 1. The normalized spacial score (nSPS) is 10.6. The van der Waals surface area contributed by atoms with E-state index in [9.17, 15) is 14.3 Å². The van der Waals surface area contributed by atoms with Gasteiger partial charge in [-0.2, -0.15) is 4.39 Å². The molecule has 4 aromatic rings. The van der Waals surface area contributed by atoms with Crippen molar-refractivity contribution in [2.75, 3.05) is 0 Å². The number of hydrogen-bond acceptors (Lipinski definition) is 4. The van der Waals surface area contributed by atoms with Gasteiger partial charge in [0.25, 0.3) is 0 Å². The van der Waals surface area contributed by atoms with Crippen LogP contribution in [-0.4, -0.2) is 20.5 Å². The van der Waals surface area contributed by atoms with Gasteiger partial charge in [0.2, 0.25) is 5.95 Å². The number of hydrogen-bond donors (Lipinski definition) is 0. The molecule has 0 N–H and O–H groups in total. The molecule has 0 saturated heterocycles. The largest absolute Gasteiger partial charge is 1.00 e. The number of benzene rings is 2. The molecule has 0 radical (unpaired) electrons. The van der Waals surface area contributed by atoms with E-state index >= 15 is 0 Å². The van der Waals surface area contributed by atoms with E-state index in [1.54, 1.807) is 24.5 Å². The predicted octanol–water partition coefficient (Wildman–Crippen LogP) is -0.477. The molecule has 0 bridgehead atoms. The SMILES string of the molecule is O=C([O-])Cc1ccc(-n2cnc3cc(-c4ccc(F)nc4)ccc32)cc1.[Li+]. The fraction of sp³-hybridized carbons (Fsp3) is 0.0500. The van der Waals surface area contributed by atoms with Crippen LogP contribution in [0.25, 0.3) is 27.8 Å². The Hall–Kier alpha value is -2.94. The number of carbonyl (C=O) groups excluding carboxylic acids is 1. The summed E-state index contributed by atoms with van der Waals surface area (Å²) in [5.74, 6) is -1.62. The molecule has 0 aliphatic rings. The molecule has 128 valence electrons. The molecule has 0 aliphatic heterocycles. The molecule has 4 rings (SSSR count). The van der Waals surface area contributed by atoms with Gasteiger partial charge in [0.1, 0.15) is 6.33 Å². The maximum Gasteiger partial charge on any atom is 1.00 e. The van der Waals surface area contributed by atoms with E-state index < -0.39 is 11.9 Å². The van der Waals surface area contributed by atoms with Crippen molar-refractivity contribution in [1.82, 2.24) is 14.5 Å². The maximum atomic E-state index is 13.0. The number of imidazole rings is 1. The summed E-state index contributed by atoms with van der Waals surface area (Å²) in [7, 11) is 0. The van der Waals surface area contributed by atoms with Crippen LogP contribution < -0.4 is 24.0 Å². The third-order valence-corrected chi connectivity index (χ3v) is 4.17. The molecular weight excluding hydrogens is 340 g/mol. The molecule has 0 atom stereocenters. The summed E-state index contributed by atoms with van der Waals surface area (Å²) >= 11 is 0. The first-order chi connectivity index (χ1) is 12.6. The molecule has 27 heavy (non-hydrogen) atoms. The zero-order valence-electron chi connectivity index (χ0n) is 14.6. The van der Waals surface area contributed by atoms with Crippen LogP contribution in [0.5, 0.6) is 0 Å². The average Bonchev–Trinajstić information content (AvgIpc) is 3.06. The fourth-order valence-corrected chi connectivity index (χ4v) is 2.89. The Morgan fingerprint density at radius 3 is 2.41 bits per heavy atom.